The van der Waals surface area contributed by atoms with Crippen LogP contribution in [0.25, 0.3) is 11.3 Å². The second-order valence-corrected chi connectivity index (χ2v) is 7.79. The predicted molar refractivity (Wildman–Crippen MR) is 122 cm³/mol. The molecule has 6 nitrogen and oxygen atoms in total. The number of nitriles is 1. The molecule has 1 unspecified atom stereocenters. The number of nitrogens with one attached hydrogen (secondary N) is 1. The van der Waals surface area contributed by atoms with Gasteiger partial charge in [0.2, 0.25) is 0 Å². The number of thiol groups is 1. The second kappa shape index (κ2) is 8.60. The van der Waals surface area contributed by atoms with Crippen LogP contribution >= 0.6 is 35.8 Å². The van der Waals surface area contributed by atoms with Crippen molar-refractivity contribution >= 4 is 47.4 Å². The smallest absolute Gasteiger partial charge is 0.266 e. The van der Waals surface area contributed by atoms with Gasteiger partial charge in [-0.25, -0.2) is 0 Å². The SMILES string of the molecule is COc1ccc(N2C(S)=C(C#N)C(=O)NC2c2ccc(-c3c(Cl)cccc3Cl)o2)cc1. The molecule has 0 bridgehead atoms. The monoisotopic (exact) mass is 471 g/mol. The van der Waals surface area contributed by atoms with Gasteiger partial charge >= 0.3 is 0 Å². The minimum Gasteiger partial charge on any atom is -0.497 e. The zero-order valence-corrected chi connectivity index (χ0v) is 18.5. The Morgan fingerprint density at radius 1 is 1.13 bits per heavy atom. The van der Waals surface area contributed by atoms with Crippen LogP contribution in [-0.2, 0) is 4.79 Å². The highest BCUT2D eigenvalue weighted by Crippen LogP contribution is 2.40. The lowest BCUT2D eigenvalue weighted by atomic mass is 10.1. The van der Waals surface area contributed by atoms with E-state index in [9.17, 15) is 10.1 Å². The van der Waals surface area contributed by atoms with Gasteiger partial charge in [0.25, 0.3) is 5.91 Å². The number of carbonyl (C=O) groups is 1. The van der Waals surface area contributed by atoms with Gasteiger partial charge in [-0.05, 0) is 48.5 Å². The molecule has 9 heteroatoms. The van der Waals surface area contributed by atoms with E-state index in [4.69, 9.17) is 32.4 Å². The van der Waals surface area contributed by atoms with Crippen molar-refractivity contribution in [2.75, 3.05) is 12.0 Å². The minimum absolute atomic E-state index is 0.101. The summed E-state index contributed by atoms with van der Waals surface area (Å²) in [5.41, 5.74) is 1.13. The van der Waals surface area contributed by atoms with E-state index in [2.05, 4.69) is 17.9 Å². The zero-order chi connectivity index (χ0) is 22.1. The van der Waals surface area contributed by atoms with Crippen molar-refractivity contribution < 1.29 is 13.9 Å². The van der Waals surface area contributed by atoms with E-state index in [1.165, 1.54) is 0 Å². The van der Waals surface area contributed by atoms with Crippen molar-refractivity contribution in [3.8, 4) is 23.1 Å². The molecule has 4 rings (SSSR count). The number of amides is 1. The van der Waals surface area contributed by atoms with Gasteiger partial charge in [-0.3, -0.25) is 4.79 Å². The van der Waals surface area contributed by atoms with Crippen LogP contribution in [-0.4, -0.2) is 13.0 Å². The van der Waals surface area contributed by atoms with Gasteiger partial charge in [0.15, 0.2) is 6.17 Å². The van der Waals surface area contributed by atoms with Gasteiger partial charge in [-0.1, -0.05) is 29.3 Å². The summed E-state index contributed by atoms with van der Waals surface area (Å²) in [7, 11) is 1.57. The summed E-state index contributed by atoms with van der Waals surface area (Å²) < 4.78 is 11.3. The molecule has 0 spiro atoms. The highest BCUT2D eigenvalue weighted by atomic mass is 35.5. The van der Waals surface area contributed by atoms with Gasteiger partial charge in [-0.15, -0.1) is 12.6 Å². The second-order valence-electron chi connectivity index (χ2n) is 6.55. The quantitative estimate of drug-likeness (QED) is 0.486. The number of hydrogen-bond donors (Lipinski definition) is 2. The van der Waals surface area contributed by atoms with Crippen molar-refractivity contribution in [1.82, 2.24) is 5.32 Å². The first-order valence-electron chi connectivity index (χ1n) is 9.06. The molecule has 0 aliphatic carbocycles. The van der Waals surface area contributed by atoms with Crippen LogP contribution < -0.4 is 15.0 Å². The lowest BCUT2D eigenvalue weighted by Crippen LogP contribution is -2.45. The molecule has 1 amide bonds. The first kappa shape index (κ1) is 21.2. The van der Waals surface area contributed by atoms with Gasteiger partial charge < -0.3 is 19.4 Å². The van der Waals surface area contributed by atoms with Gasteiger partial charge in [0, 0.05) is 5.69 Å². The Morgan fingerprint density at radius 2 is 1.81 bits per heavy atom. The van der Waals surface area contributed by atoms with Crippen molar-refractivity contribution in [3.63, 3.8) is 0 Å². The molecule has 1 atom stereocenters. The third kappa shape index (κ3) is 3.86. The number of halogens is 2. The average molecular weight is 472 g/mol. The Hall–Kier alpha value is -3.05. The van der Waals surface area contributed by atoms with Crippen LogP contribution in [0.3, 0.4) is 0 Å². The maximum absolute atomic E-state index is 12.5. The Balaban J connectivity index is 1.81. The molecule has 0 radical (unpaired) electrons. The first-order chi connectivity index (χ1) is 14.9. The summed E-state index contributed by atoms with van der Waals surface area (Å²) >= 11 is 17.1. The number of carbonyl (C=O) groups excluding carboxylic acids is 1. The summed E-state index contributed by atoms with van der Waals surface area (Å²) in [6.45, 7) is 0. The Kier molecular flexibility index (Phi) is 5.88. The number of anilines is 1. The van der Waals surface area contributed by atoms with E-state index in [0.717, 1.165) is 0 Å². The third-order valence-corrected chi connectivity index (χ3v) is 5.84. The fourth-order valence-electron chi connectivity index (χ4n) is 3.29. The maximum atomic E-state index is 12.5. The zero-order valence-electron chi connectivity index (χ0n) is 16.1. The average Bonchev–Trinajstić information content (AvgIpc) is 3.23. The highest BCUT2D eigenvalue weighted by molar-refractivity contribution is 7.84. The van der Waals surface area contributed by atoms with Crippen molar-refractivity contribution in [1.29, 1.82) is 5.26 Å². The predicted octanol–water partition coefficient (Wildman–Crippen LogP) is 5.56. The molecule has 0 fully saturated rings. The fourth-order valence-corrected chi connectivity index (χ4v) is 4.25. The summed E-state index contributed by atoms with van der Waals surface area (Å²) in [4.78, 5) is 14.2. The number of benzene rings is 2. The molecule has 2 aromatic carbocycles. The third-order valence-electron chi connectivity index (χ3n) is 4.77. The lowest BCUT2D eigenvalue weighted by Gasteiger charge is -2.36. The Bertz CT molecular complexity index is 1210. The fraction of sp³-hybridized carbons (Fsp3) is 0.0909. The van der Waals surface area contributed by atoms with Crippen LogP contribution in [0, 0.1) is 11.3 Å². The van der Waals surface area contributed by atoms with Crippen LogP contribution in [0.2, 0.25) is 10.0 Å². The van der Waals surface area contributed by atoms with E-state index in [0.29, 0.717) is 38.6 Å². The number of furan rings is 1. The molecular weight excluding hydrogens is 457 g/mol. The number of ether oxygens (including phenoxy) is 1. The summed E-state index contributed by atoms with van der Waals surface area (Å²) in [6, 6.07) is 17.6. The molecule has 0 saturated carbocycles. The van der Waals surface area contributed by atoms with Gasteiger partial charge in [-0.2, -0.15) is 5.26 Å². The van der Waals surface area contributed by atoms with E-state index in [1.54, 1.807) is 66.6 Å². The van der Waals surface area contributed by atoms with Crippen molar-refractivity contribution in [2.45, 2.75) is 6.17 Å². The van der Waals surface area contributed by atoms with E-state index in [-0.39, 0.29) is 10.6 Å². The van der Waals surface area contributed by atoms with Crippen LogP contribution in [0.4, 0.5) is 5.69 Å². The summed E-state index contributed by atoms with van der Waals surface area (Å²) in [5, 5.41) is 13.3. The summed E-state index contributed by atoms with van der Waals surface area (Å²) in [5.74, 6) is 0.986. The summed E-state index contributed by atoms with van der Waals surface area (Å²) in [6.07, 6.45) is -0.750. The van der Waals surface area contributed by atoms with Crippen molar-refractivity contribution in [2.24, 2.45) is 0 Å². The molecule has 1 N–H and O–H groups in total. The number of nitrogens with zero attached hydrogens (tertiary/aromatic N) is 2. The number of hydrogen-bond acceptors (Lipinski definition) is 6. The largest absolute Gasteiger partial charge is 0.497 e. The Labute approximate surface area is 194 Å². The molecule has 0 saturated heterocycles. The molecule has 3 aromatic rings. The standard InChI is InChI=1S/C22H15Cl2N3O3S/c1-29-13-7-5-12(6-8-13)27-20(26-21(28)14(11-25)22(27)31)18-10-9-17(30-18)19-15(23)3-2-4-16(19)24/h2-10,20,31H,1H3,(H,26,28). The van der Waals surface area contributed by atoms with Crippen LogP contribution in [0.5, 0.6) is 5.75 Å². The maximum Gasteiger partial charge on any atom is 0.266 e. The molecule has 1 aliphatic heterocycles. The van der Waals surface area contributed by atoms with Gasteiger partial charge in [0.1, 0.15) is 28.9 Å². The number of methoxy groups -OCH3 is 1. The molecule has 1 aliphatic rings. The Morgan fingerprint density at radius 3 is 2.42 bits per heavy atom. The van der Waals surface area contributed by atoms with Crippen LogP contribution in [0.15, 0.2) is 69.6 Å². The molecule has 1 aromatic heterocycles. The molecule has 2 heterocycles. The highest BCUT2D eigenvalue weighted by Gasteiger charge is 2.36. The molecule has 31 heavy (non-hydrogen) atoms. The topological polar surface area (TPSA) is 78.5 Å². The molecular formula is C22H15Cl2N3O3S. The van der Waals surface area contributed by atoms with Crippen LogP contribution in [0.1, 0.15) is 11.9 Å². The normalized spacial score (nSPS) is 16.2. The molecule has 156 valence electrons. The van der Waals surface area contributed by atoms with E-state index < -0.39 is 12.1 Å². The van der Waals surface area contributed by atoms with E-state index >= 15 is 0 Å². The van der Waals surface area contributed by atoms with E-state index in [1.807, 2.05) is 6.07 Å². The minimum atomic E-state index is -0.750. The van der Waals surface area contributed by atoms with Crippen molar-refractivity contribution in [3.05, 3.63) is 81.0 Å². The number of rotatable bonds is 4. The van der Waals surface area contributed by atoms with Gasteiger partial charge in [0.05, 0.1) is 27.7 Å². The first-order valence-corrected chi connectivity index (χ1v) is 10.3. The lowest BCUT2D eigenvalue weighted by molar-refractivity contribution is -0.118.